The van der Waals surface area contributed by atoms with Crippen molar-refractivity contribution in [1.82, 2.24) is 5.32 Å². The SMILES string of the molecule is Cc1ccc(Oc2ccc(NC(=O)NC3CC3)cc2)cc1. The van der Waals surface area contributed by atoms with Gasteiger partial charge in [-0.25, -0.2) is 4.79 Å². The smallest absolute Gasteiger partial charge is 0.319 e. The maximum atomic E-state index is 11.6. The van der Waals surface area contributed by atoms with Crippen molar-refractivity contribution >= 4 is 11.7 Å². The van der Waals surface area contributed by atoms with E-state index in [0.717, 1.165) is 30.0 Å². The second-order valence-electron chi connectivity index (χ2n) is 5.31. The molecule has 3 rings (SSSR count). The van der Waals surface area contributed by atoms with Crippen LogP contribution in [0.3, 0.4) is 0 Å². The standard InChI is InChI=1S/C17H18N2O2/c1-12-2-8-15(9-3-12)21-16-10-6-14(7-11-16)19-17(20)18-13-4-5-13/h2-3,6-11,13H,4-5H2,1H3,(H2,18,19,20). The van der Waals surface area contributed by atoms with Crippen LogP contribution in [0.5, 0.6) is 11.5 Å². The van der Waals surface area contributed by atoms with E-state index >= 15 is 0 Å². The Labute approximate surface area is 124 Å². The molecule has 108 valence electrons. The first-order valence-corrected chi connectivity index (χ1v) is 7.11. The zero-order valence-electron chi connectivity index (χ0n) is 11.9. The molecule has 21 heavy (non-hydrogen) atoms. The van der Waals surface area contributed by atoms with Crippen molar-refractivity contribution in [3.63, 3.8) is 0 Å². The van der Waals surface area contributed by atoms with E-state index in [2.05, 4.69) is 10.6 Å². The van der Waals surface area contributed by atoms with Gasteiger partial charge in [0, 0.05) is 11.7 Å². The number of carbonyl (C=O) groups is 1. The topological polar surface area (TPSA) is 50.4 Å². The molecule has 0 heterocycles. The Kier molecular flexibility index (Phi) is 3.77. The van der Waals surface area contributed by atoms with E-state index in [1.165, 1.54) is 5.56 Å². The molecule has 2 amide bonds. The highest BCUT2D eigenvalue weighted by molar-refractivity contribution is 5.89. The molecule has 0 radical (unpaired) electrons. The van der Waals surface area contributed by atoms with Gasteiger partial charge in [-0.2, -0.15) is 0 Å². The van der Waals surface area contributed by atoms with Crippen LogP contribution in [0.1, 0.15) is 18.4 Å². The van der Waals surface area contributed by atoms with Gasteiger partial charge in [-0.3, -0.25) is 0 Å². The Balaban J connectivity index is 1.58. The fourth-order valence-corrected chi connectivity index (χ4v) is 1.93. The first-order valence-electron chi connectivity index (χ1n) is 7.11. The average molecular weight is 282 g/mol. The third kappa shape index (κ3) is 3.99. The number of ether oxygens (including phenoxy) is 1. The van der Waals surface area contributed by atoms with Crippen LogP contribution in [-0.2, 0) is 0 Å². The van der Waals surface area contributed by atoms with E-state index in [1.807, 2.05) is 55.5 Å². The number of hydrogen-bond donors (Lipinski definition) is 2. The molecule has 0 atom stereocenters. The summed E-state index contributed by atoms with van der Waals surface area (Å²) >= 11 is 0. The molecule has 1 aliphatic rings. The van der Waals surface area contributed by atoms with Crippen molar-refractivity contribution in [2.45, 2.75) is 25.8 Å². The third-order valence-corrected chi connectivity index (χ3v) is 3.28. The van der Waals surface area contributed by atoms with Gasteiger partial charge in [0.1, 0.15) is 11.5 Å². The molecule has 1 fully saturated rings. The van der Waals surface area contributed by atoms with Crippen LogP contribution in [0.4, 0.5) is 10.5 Å². The largest absolute Gasteiger partial charge is 0.457 e. The summed E-state index contributed by atoms with van der Waals surface area (Å²) in [6, 6.07) is 15.4. The van der Waals surface area contributed by atoms with Crippen LogP contribution in [0.2, 0.25) is 0 Å². The molecule has 1 aliphatic carbocycles. The zero-order chi connectivity index (χ0) is 14.7. The summed E-state index contributed by atoms with van der Waals surface area (Å²) in [6.07, 6.45) is 2.16. The molecule has 2 aromatic carbocycles. The number of carbonyl (C=O) groups excluding carboxylic acids is 1. The summed E-state index contributed by atoms with van der Waals surface area (Å²) in [4.78, 5) is 11.6. The predicted octanol–water partition coefficient (Wildman–Crippen LogP) is 4.07. The highest BCUT2D eigenvalue weighted by Gasteiger charge is 2.23. The highest BCUT2D eigenvalue weighted by Crippen LogP contribution is 2.23. The second kappa shape index (κ2) is 5.87. The number of rotatable bonds is 4. The molecule has 2 N–H and O–H groups in total. The van der Waals surface area contributed by atoms with Gasteiger partial charge in [0.15, 0.2) is 0 Å². The van der Waals surface area contributed by atoms with Crippen LogP contribution < -0.4 is 15.4 Å². The van der Waals surface area contributed by atoms with Gasteiger partial charge in [0.05, 0.1) is 0 Å². The lowest BCUT2D eigenvalue weighted by Gasteiger charge is -2.09. The molecule has 4 nitrogen and oxygen atoms in total. The lowest BCUT2D eigenvalue weighted by molar-refractivity contribution is 0.251. The highest BCUT2D eigenvalue weighted by atomic mass is 16.5. The van der Waals surface area contributed by atoms with Crippen molar-refractivity contribution in [1.29, 1.82) is 0 Å². The van der Waals surface area contributed by atoms with Crippen molar-refractivity contribution < 1.29 is 9.53 Å². The molecule has 4 heteroatoms. The lowest BCUT2D eigenvalue weighted by atomic mass is 10.2. The molecular formula is C17H18N2O2. The van der Waals surface area contributed by atoms with E-state index in [1.54, 1.807) is 0 Å². The maximum Gasteiger partial charge on any atom is 0.319 e. The molecule has 0 bridgehead atoms. The van der Waals surface area contributed by atoms with Crippen LogP contribution in [0.25, 0.3) is 0 Å². The van der Waals surface area contributed by atoms with Crippen LogP contribution in [0, 0.1) is 6.92 Å². The summed E-state index contributed by atoms with van der Waals surface area (Å²) in [6.45, 7) is 2.04. The minimum atomic E-state index is -0.148. The third-order valence-electron chi connectivity index (χ3n) is 3.28. The van der Waals surface area contributed by atoms with Gasteiger partial charge >= 0.3 is 6.03 Å². The van der Waals surface area contributed by atoms with E-state index in [9.17, 15) is 4.79 Å². The summed E-state index contributed by atoms with van der Waals surface area (Å²) in [7, 11) is 0. The average Bonchev–Trinajstić information content (AvgIpc) is 3.27. The number of urea groups is 1. The van der Waals surface area contributed by atoms with Gasteiger partial charge < -0.3 is 15.4 Å². The first kappa shape index (κ1) is 13.5. The Hall–Kier alpha value is -2.49. The maximum absolute atomic E-state index is 11.6. The fraction of sp³-hybridized carbons (Fsp3) is 0.235. The van der Waals surface area contributed by atoms with Crippen molar-refractivity contribution in [3.05, 3.63) is 54.1 Å². The summed E-state index contributed by atoms with van der Waals surface area (Å²) in [5, 5.41) is 5.69. The molecule has 0 aromatic heterocycles. The number of aryl methyl sites for hydroxylation is 1. The Bertz CT molecular complexity index is 616. The normalized spacial score (nSPS) is 13.6. The fourth-order valence-electron chi connectivity index (χ4n) is 1.93. The van der Waals surface area contributed by atoms with Crippen molar-refractivity contribution in [2.24, 2.45) is 0 Å². The number of nitrogens with one attached hydrogen (secondary N) is 2. The minimum absolute atomic E-state index is 0.148. The molecule has 1 saturated carbocycles. The molecular weight excluding hydrogens is 264 g/mol. The van der Waals surface area contributed by atoms with Gasteiger partial charge in [-0.15, -0.1) is 0 Å². The summed E-state index contributed by atoms with van der Waals surface area (Å²) < 4.78 is 5.74. The van der Waals surface area contributed by atoms with E-state index in [0.29, 0.717) is 6.04 Å². The van der Waals surface area contributed by atoms with Gasteiger partial charge in [-0.1, -0.05) is 17.7 Å². The van der Waals surface area contributed by atoms with Crippen molar-refractivity contribution in [3.8, 4) is 11.5 Å². The van der Waals surface area contributed by atoms with E-state index in [-0.39, 0.29) is 6.03 Å². The van der Waals surface area contributed by atoms with E-state index < -0.39 is 0 Å². The van der Waals surface area contributed by atoms with Crippen LogP contribution in [0.15, 0.2) is 48.5 Å². The Morgan fingerprint density at radius 2 is 1.57 bits per heavy atom. The second-order valence-corrected chi connectivity index (χ2v) is 5.31. The quantitative estimate of drug-likeness (QED) is 0.888. The van der Waals surface area contributed by atoms with E-state index in [4.69, 9.17) is 4.74 Å². The summed E-state index contributed by atoms with van der Waals surface area (Å²) in [5.41, 5.74) is 1.95. The van der Waals surface area contributed by atoms with Crippen LogP contribution in [-0.4, -0.2) is 12.1 Å². The molecule has 0 saturated heterocycles. The first-order chi connectivity index (χ1) is 10.2. The predicted molar refractivity (Wildman–Crippen MR) is 82.9 cm³/mol. The molecule has 0 spiro atoms. The van der Waals surface area contributed by atoms with Crippen molar-refractivity contribution in [2.75, 3.05) is 5.32 Å². The van der Waals surface area contributed by atoms with Gasteiger partial charge in [0.2, 0.25) is 0 Å². The number of benzene rings is 2. The van der Waals surface area contributed by atoms with Crippen LogP contribution >= 0.6 is 0 Å². The number of anilines is 1. The number of amides is 2. The molecule has 2 aromatic rings. The molecule has 0 aliphatic heterocycles. The molecule has 0 unspecified atom stereocenters. The van der Waals surface area contributed by atoms with Gasteiger partial charge in [-0.05, 0) is 56.2 Å². The Morgan fingerprint density at radius 3 is 2.14 bits per heavy atom. The minimum Gasteiger partial charge on any atom is -0.457 e. The Morgan fingerprint density at radius 1 is 1.00 bits per heavy atom. The summed E-state index contributed by atoms with van der Waals surface area (Å²) in [5.74, 6) is 1.54. The zero-order valence-corrected chi connectivity index (χ0v) is 11.9. The monoisotopic (exact) mass is 282 g/mol. The van der Waals surface area contributed by atoms with Gasteiger partial charge in [0.25, 0.3) is 0 Å². The number of hydrogen-bond acceptors (Lipinski definition) is 2. The lowest BCUT2D eigenvalue weighted by Crippen LogP contribution is -2.30.